The molecule has 0 saturated carbocycles. The normalized spacial score (nSPS) is 25.5. The molecule has 0 bridgehead atoms. The van der Waals surface area contributed by atoms with Gasteiger partial charge >= 0.3 is 0 Å². The van der Waals surface area contributed by atoms with Crippen molar-refractivity contribution in [3.63, 3.8) is 0 Å². The number of β-amino-alcohol motifs (C(OH)–C–C–N with tert-alkyl or cyclic N) is 1. The van der Waals surface area contributed by atoms with E-state index in [0.717, 1.165) is 23.1 Å². The van der Waals surface area contributed by atoms with E-state index < -0.39 is 5.60 Å². The highest BCUT2D eigenvalue weighted by Gasteiger charge is 2.30. The molecule has 2 rings (SSSR count). The fraction of sp³-hybridized carbons (Fsp3) is 0.455. The van der Waals surface area contributed by atoms with E-state index in [1.54, 1.807) is 0 Å². The zero-order valence-corrected chi connectivity index (χ0v) is 10.0. The van der Waals surface area contributed by atoms with Crippen molar-refractivity contribution < 1.29 is 5.11 Å². The Kier molecular flexibility index (Phi) is 3.29. The molecule has 0 amide bonds. The van der Waals surface area contributed by atoms with Crippen LogP contribution in [0.15, 0.2) is 28.7 Å². The third kappa shape index (κ3) is 2.71. The van der Waals surface area contributed by atoms with Crippen LogP contribution >= 0.6 is 15.9 Å². The van der Waals surface area contributed by atoms with Crippen molar-refractivity contribution >= 4 is 21.6 Å². The van der Waals surface area contributed by atoms with Gasteiger partial charge in [0.1, 0.15) is 0 Å². The van der Waals surface area contributed by atoms with Crippen molar-refractivity contribution in [2.75, 3.05) is 25.0 Å². The molecule has 1 aromatic rings. The van der Waals surface area contributed by atoms with Gasteiger partial charge in [-0.3, -0.25) is 0 Å². The minimum absolute atomic E-state index is 0.586. The first-order chi connectivity index (χ1) is 7.20. The highest BCUT2D eigenvalue weighted by atomic mass is 79.9. The predicted molar refractivity (Wildman–Crippen MR) is 65.1 cm³/mol. The lowest BCUT2D eigenvalue weighted by molar-refractivity contribution is 0.0752. The van der Waals surface area contributed by atoms with Crippen molar-refractivity contribution in [1.82, 2.24) is 5.32 Å². The van der Waals surface area contributed by atoms with Crippen LogP contribution in [0.3, 0.4) is 0 Å². The molecule has 1 unspecified atom stereocenters. The van der Waals surface area contributed by atoms with Gasteiger partial charge in [-0.25, -0.2) is 0 Å². The van der Waals surface area contributed by atoms with Gasteiger partial charge in [0.15, 0.2) is 0 Å². The van der Waals surface area contributed by atoms with Gasteiger partial charge in [-0.2, -0.15) is 0 Å². The average molecular weight is 271 g/mol. The third-order valence-corrected chi connectivity index (χ3v) is 3.39. The first-order valence-corrected chi connectivity index (χ1v) is 5.90. The molecule has 0 aliphatic carbocycles. The summed E-state index contributed by atoms with van der Waals surface area (Å²) in [6.07, 6.45) is 0.810. The highest BCUT2D eigenvalue weighted by Crippen LogP contribution is 2.23. The van der Waals surface area contributed by atoms with Gasteiger partial charge in [0.25, 0.3) is 0 Å². The first kappa shape index (κ1) is 10.9. The fourth-order valence-electron chi connectivity index (χ4n) is 1.75. The first-order valence-electron chi connectivity index (χ1n) is 5.11. The Bertz CT molecular complexity index is 337. The van der Waals surface area contributed by atoms with Crippen molar-refractivity contribution in [2.24, 2.45) is 0 Å². The van der Waals surface area contributed by atoms with Crippen molar-refractivity contribution in [1.29, 1.82) is 0 Å². The Morgan fingerprint density at radius 1 is 1.47 bits per heavy atom. The number of hydrogen-bond acceptors (Lipinski definition) is 3. The Morgan fingerprint density at radius 2 is 2.27 bits per heavy atom. The van der Waals surface area contributed by atoms with E-state index in [0.29, 0.717) is 13.1 Å². The Hall–Kier alpha value is -0.580. The summed E-state index contributed by atoms with van der Waals surface area (Å²) in [5.41, 5.74) is 0.424. The molecule has 1 atom stereocenters. The van der Waals surface area contributed by atoms with Crippen molar-refractivity contribution in [2.45, 2.75) is 12.0 Å². The molecule has 1 fully saturated rings. The number of aliphatic hydroxyl groups is 1. The maximum Gasteiger partial charge on any atom is 0.0954 e. The lowest BCUT2D eigenvalue weighted by Crippen LogP contribution is -2.38. The zero-order valence-electron chi connectivity index (χ0n) is 8.46. The van der Waals surface area contributed by atoms with Gasteiger partial charge in [-0.05, 0) is 41.0 Å². The predicted octanol–water partition coefficient (Wildman–Crippen LogP) is 1.59. The van der Waals surface area contributed by atoms with Gasteiger partial charge in [0.2, 0.25) is 0 Å². The SMILES string of the molecule is OC1(CNc2ccccc2Br)CCNC1. The van der Waals surface area contributed by atoms with Crippen LogP contribution < -0.4 is 10.6 Å². The minimum Gasteiger partial charge on any atom is -0.387 e. The van der Waals surface area contributed by atoms with Crippen LogP contribution in [-0.4, -0.2) is 30.3 Å². The number of para-hydroxylation sites is 1. The van der Waals surface area contributed by atoms with Crippen LogP contribution in [0.2, 0.25) is 0 Å². The molecule has 15 heavy (non-hydrogen) atoms. The van der Waals surface area contributed by atoms with Crippen molar-refractivity contribution in [3.05, 3.63) is 28.7 Å². The molecule has 3 nitrogen and oxygen atoms in total. The topological polar surface area (TPSA) is 44.3 Å². The second-order valence-corrected chi connectivity index (χ2v) is 4.84. The monoisotopic (exact) mass is 270 g/mol. The zero-order chi connectivity index (χ0) is 10.7. The smallest absolute Gasteiger partial charge is 0.0954 e. The number of rotatable bonds is 3. The van der Waals surface area contributed by atoms with Gasteiger partial charge in [-0.15, -0.1) is 0 Å². The van der Waals surface area contributed by atoms with E-state index in [1.807, 2.05) is 24.3 Å². The van der Waals surface area contributed by atoms with Gasteiger partial charge in [0, 0.05) is 23.2 Å². The number of halogens is 1. The second kappa shape index (κ2) is 4.51. The lowest BCUT2D eigenvalue weighted by atomic mass is 10.0. The molecule has 82 valence electrons. The quantitative estimate of drug-likeness (QED) is 0.782. The maximum absolute atomic E-state index is 10.1. The number of nitrogens with one attached hydrogen (secondary N) is 2. The van der Waals surface area contributed by atoms with Crippen LogP contribution in [0.1, 0.15) is 6.42 Å². The molecule has 1 aromatic carbocycles. The highest BCUT2D eigenvalue weighted by molar-refractivity contribution is 9.10. The summed E-state index contributed by atoms with van der Waals surface area (Å²) in [7, 11) is 0. The summed E-state index contributed by atoms with van der Waals surface area (Å²) < 4.78 is 1.03. The minimum atomic E-state index is -0.602. The van der Waals surface area contributed by atoms with Gasteiger partial charge < -0.3 is 15.7 Å². The summed E-state index contributed by atoms with van der Waals surface area (Å²) in [6, 6.07) is 7.93. The summed E-state index contributed by atoms with van der Waals surface area (Å²) in [6.45, 7) is 2.15. The van der Waals surface area contributed by atoms with Gasteiger partial charge in [-0.1, -0.05) is 12.1 Å². The Balaban J connectivity index is 1.95. The molecule has 1 aliphatic heterocycles. The Morgan fingerprint density at radius 3 is 2.93 bits per heavy atom. The van der Waals surface area contributed by atoms with E-state index in [2.05, 4.69) is 26.6 Å². The molecule has 3 N–H and O–H groups in total. The summed E-state index contributed by atoms with van der Waals surface area (Å²) in [5.74, 6) is 0. The van der Waals surface area contributed by atoms with Crippen LogP contribution in [0.4, 0.5) is 5.69 Å². The van der Waals surface area contributed by atoms with E-state index >= 15 is 0 Å². The van der Waals surface area contributed by atoms with Gasteiger partial charge in [0.05, 0.1) is 5.60 Å². The largest absolute Gasteiger partial charge is 0.387 e. The summed E-state index contributed by atoms with van der Waals surface area (Å²) in [5, 5.41) is 16.5. The standard InChI is InChI=1S/C11H15BrN2O/c12-9-3-1-2-4-10(9)14-8-11(15)5-6-13-7-11/h1-4,13-15H,5-8H2. The van der Waals surface area contributed by atoms with E-state index in [4.69, 9.17) is 0 Å². The van der Waals surface area contributed by atoms with Crippen LogP contribution in [0, 0.1) is 0 Å². The lowest BCUT2D eigenvalue weighted by Gasteiger charge is -2.22. The maximum atomic E-state index is 10.1. The van der Waals surface area contributed by atoms with E-state index in [1.165, 1.54) is 0 Å². The van der Waals surface area contributed by atoms with Crippen LogP contribution in [0.25, 0.3) is 0 Å². The molecule has 1 aliphatic rings. The Labute approximate surface area is 98.0 Å². The number of benzene rings is 1. The number of hydrogen-bond donors (Lipinski definition) is 3. The molecule has 4 heteroatoms. The van der Waals surface area contributed by atoms with Crippen LogP contribution in [0.5, 0.6) is 0 Å². The molecule has 1 heterocycles. The van der Waals surface area contributed by atoms with E-state index in [-0.39, 0.29) is 0 Å². The second-order valence-electron chi connectivity index (χ2n) is 3.98. The molecule has 1 saturated heterocycles. The van der Waals surface area contributed by atoms with Crippen molar-refractivity contribution in [3.8, 4) is 0 Å². The molecular weight excluding hydrogens is 256 g/mol. The fourth-order valence-corrected chi connectivity index (χ4v) is 2.17. The molecular formula is C11H15BrN2O. The third-order valence-electron chi connectivity index (χ3n) is 2.70. The summed E-state index contributed by atoms with van der Waals surface area (Å²) in [4.78, 5) is 0. The van der Waals surface area contributed by atoms with Crippen LogP contribution in [-0.2, 0) is 0 Å². The number of anilines is 1. The molecule has 0 radical (unpaired) electrons. The van der Waals surface area contributed by atoms with E-state index in [9.17, 15) is 5.11 Å². The summed E-state index contributed by atoms with van der Waals surface area (Å²) >= 11 is 3.46. The average Bonchev–Trinajstić information content (AvgIpc) is 2.65. The molecule has 0 aromatic heterocycles. The molecule has 0 spiro atoms.